The van der Waals surface area contributed by atoms with E-state index in [0.29, 0.717) is 11.0 Å². The molecule has 8 heteroatoms. The summed E-state index contributed by atoms with van der Waals surface area (Å²) in [5, 5.41) is 3.14. The van der Waals surface area contributed by atoms with Crippen LogP contribution in [0.5, 0.6) is 0 Å². The minimum Gasteiger partial charge on any atom is -0.364 e. The first kappa shape index (κ1) is 17.0. The molecule has 0 unspecified atom stereocenters. The highest BCUT2D eigenvalue weighted by atomic mass is 79.9. The summed E-state index contributed by atoms with van der Waals surface area (Å²) in [6.07, 6.45) is 4.88. The van der Waals surface area contributed by atoms with Gasteiger partial charge in [-0.25, -0.2) is 0 Å². The van der Waals surface area contributed by atoms with Gasteiger partial charge in [0.05, 0.1) is 10.9 Å². The van der Waals surface area contributed by atoms with Crippen LogP contribution in [0.1, 0.15) is 25.3 Å². The van der Waals surface area contributed by atoms with Crippen LogP contribution in [-0.4, -0.2) is 28.0 Å². The van der Waals surface area contributed by atoms with E-state index in [0.717, 1.165) is 33.9 Å². The van der Waals surface area contributed by atoms with Crippen LogP contribution in [-0.2, 0) is 10.2 Å². The van der Waals surface area contributed by atoms with E-state index in [1.165, 1.54) is 0 Å². The van der Waals surface area contributed by atoms with Gasteiger partial charge in [-0.3, -0.25) is 25.6 Å². The van der Waals surface area contributed by atoms with Gasteiger partial charge in [-0.05, 0) is 64.6 Å². The number of aromatic nitrogens is 2. The van der Waals surface area contributed by atoms with Crippen molar-refractivity contribution in [2.75, 3.05) is 7.05 Å². The average Bonchev–Trinajstić information content (AvgIpc) is 2.56. The summed E-state index contributed by atoms with van der Waals surface area (Å²) < 4.78 is 0.841. The topological polar surface area (TPSA) is 78.9 Å². The Morgan fingerprint density at radius 3 is 2.67 bits per heavy atom. The molecule has 1 aromatic carbocycles. The van der Waals surface area contributed by atoms with Crippen LogP contribution in [0.2, 0.25) is 0 Å². The Bertz CT molecular complexity index is 806. The number of hydrogen-bond donors (Lipinski definition) is 3. The number of rotatable bonds is 2. The number of hydrazine groups is 1. The van der Waals surface area contributed by atoms with Gasteiger partial charge in [0.1, 0.15) is 5.52 Å². The highest BCUT2D eigenvalue weighted by Crippen LogP contribution is 2.48. The maximum absolute atomic E-state index is 12.8. The van der Waals surface area contributed by atoms with Crippen molar-refractivity contribution in [1.82, 2.24) is 26.1 Å². The van der Waals surface area contributed by atoms with Gasteiger partial charge >= 0.3 is 0 Å². The number of benzene rings is 1. The lowest BCUT2D eigenvalue weighted by Gasteiger charge is -2.45. The van der Waals surface area contributed by atoms with Gasteiger partial charge in [0.25, 0.3) is 0 Å². The number of fused-ring (bicyclic) bond motifs is 1. The van der Waals surface area contributed by atoms with Crippen molar-refractivity contribution >= 4 is 50.2 Å². The molecule has 1 fully saturated rings. The molecule has 0 spiro atoms. The van der Waals surface area contributed by atoms with Crippen LogP contribution in [0, 0.1) is 5.92 Å². The molecule has 1 aliphatic rings. The van der Waals surface area contributed by atoms with Crippen LogP contribution in [0.4, 0.5) is 0 Å². The van der Waals surface area contributed by atoms with E-state index in [1.807, 2.05) is 12.1 Å². The number of nitrogens with one attached hydrogen (secondary N) is 3. The fourth-order valence-corrected chi connectivity index (χ4v) is 3.89. The molecule has 0 saturated heterocycles. The van der Waals surface area contributed by atoms with E-state index in [4.69, 9.17) is 12.2 Å². The van der Waals surface area contributed by atoms with Crippen LogP contribution >= 0.6 is 28.1 Å². The van der Waals surface area contributed by atoms with E-state index in [2.05, 4.69) is 49.0 Å². The first-order valence-electron chi connectivity index (χ1n) is 7.65. The highest BCUT2D eigenvalue weighted by Gasteiger charge is 2.50. The molecule has 0 radical (unpaired) electrons. The first-order valence-corrected chi connectivity index (χ1v) is 8.85. The Balaban J connectivity index is 1.96. The molecule has 3 N–H and O–H groups in total. The van der Waals surface area contributed by atoms with Gasteiger partial charge in [-0.1, -0.05) is 6.92 Å². The number of amides is 1. The maximum atomic E-state index is 12.8. The Labute approximate surface area is 153 Å². The molecule has 126 valence electrons. The summed E-state index contributed by atoms with van der Waals surface area (Å²) in [6, 6.07) is 3.92. The summed E-state index contributed by atoms with van der Waals surface area (Å²) in [5.41, 5.74) is 7.36. The number of carbonyl (C=O) groups excluding carboxylic acids is 1. The molecule has 6 nitrogen and oxygen atoms in total. The van der Waals surface area contributed by atoms with Crippen LogP contribution in [0.3, 0.4) is 0 Å². The minimum atomic E-state index is -0.579. The zero-order valence-corrected chi connectivity index (χ0v) is 15.8. The number of carbonyl (C=O) groups is 1. The second-order valence-electron chi connectivity index (χ2n) is 6.14. The van der Waals surface area contributed by atoms with Crippen LogP contribution in [0.15, 0.2) is 29.0 Å². The summed E-state index contributed by atoms with van der Waals surface area (Å²) >= 11 is 8.56. The summed E-state index contributed by atoms with van der Waals surface area (Å²) in [6.45, 7) is 2.15. The second kappa shape index (κ2) is 6.60. The third-order valence-electron chi connectivity index (χ3n) is 4.42. The van der Waals surface area contributed by atoms with Crippen LogP contribution < -0.4 is 16.2 Å². The summed E-state index contributed by atoms with van der Waals surface area (Å²) in [5.74, 6) is 0.400. The minimum absolute atomic E-state index is 0.0895. The molecule has 1 amide bonds. The lowest BCUT2D eigenvalue weighted by molar-refractivity contribution is -0.132. The van der Waals surface area contributed by atoms with Crippen molar-refractivity contribution in [1.29, 1.82) is 0 Å². The van der Waals surface area contributed by atoms with E-state index in [1.54, 1.807) is 19.4 Å². The summed E-state index contributed by atoms with van der Waals surface area (Å²) in [7, 11) is 1.70. The van der Waals surface area contributed by atoms with Gasteiger partial charge in [0, 0.05) is 23.9 Å². The van der Waals surface area contributed by atoms with Gasteiger partial charge in [0.2, 0.25) is 5.91 Å². The lowest BCUT2D eigenvalue weighted by atomic mass is 9.58. The number of hydrogen-bond acceptors (Lipinski definition) is 4. The molecule has 1 aliphatic carbocycles. The monoisotopic (exact) mass is 407 g/mol. The van der Waals surface area contributed by atoms with E-state index >= 15 is 0 Å². The molecule has 0 atom stereocenters. The molecule has 0 aliphatic heterocycles. The number of thiocarbonyl (C=S) groups is 1. The normalized spacial score (nSPS) is 22.5. The highest BCUT2D eigenvalue weighted by molar-refractivity contribution is 9.10. The molecule has 3 rings (SSSR count). The van der Waals surface area contributed by atoms with Gasteiger partial charge in [0.15, 0.2) is 5.11 Å². The quantitative estimate of drug-likeness (QED) is 0.522. The molecule has 1 aromatic heterocycles. The van der Waals surface area contributed by atoms with Gasteiger partial charge in [-0.15, -0.1) is 0 Å². The molecular formula is C16H18BrN5OS. The molecular weight excluding hydrogens is 390 g/mol. The molecule has 1 saturated carbocycles. The van der Waals surface area contributed by atoms with Crippen molar-refractivity contribution in [3.8, 4) is 0 Å². The largest absolute Gasteiger partial charge is 0.364 e. The second-order valence-corrected chi connectivity index (χ2v) is 7.40. The van der Waals surface area contributed by atoms with Gasteiger partial charge < -0.3 is 5.32 Å². The van der Waals surface area contributed by atoms with Crippen LogP contribution in [0.25, 0.3) is 11.0 Å². The van der Waals surface area contributed by atoms with Crippen molar-refractivity contribution in [2.45, 2.75) is 25.2 Å². The fraction of sp³-hybridized carbons (Fsp3) is 0.375. The zero-order valence-electron chi connectivity index (χ0n) is 13.4. The smallest absolute Gasteiger partial charge is 0.249 e. The Morgan fingerprint density at radius 2 is 2.00 bits per heavy atom. The van der Waals surface area contributed by atoms with E-state index in [9.17, 15) is 4.79 Å². The van der Waals surface area contributed by atoms with E-state index in [-0.39, 0.29) is 5.91 Å². The van der Waals surface area contributed by atoms with Crippen molar-refractivity contribution < 1.29 is 4.79 Å². The number of halogens is 1. The van der Waals surface area contributed by atoms with Crippen molar-refractivity contribution in [2.24, 2.45) is 5.92 Å². The third kappa shape index (κ3) is 2.95. The predicted octanol–water partition coefficient (Wildman–Crippen LogP) is 2.19. The summed E-state index contributed by atoms with van der Waals surface area (Å²) in [4.78, 5) is 21.5. The Hall–Kier alpha value is -1.80. The zero-order chi connectivity index (χ0) is 17.3. The molecule has 0 bridgehead atoms. The van der Waals surface area contributed by atoms with Crippen molar-refractivity contribution in [3.05, 3.63) is 34.6 Å². The maximum Gasteiger partial charge on any atom is 0.249 e. The Morgan fingerprint density at radius 1 is 1.29 bits per heavy atom. The van der Waals surface area contributed by atoms with Crippen molar-refractivity contribution in [3.63, 3.8) is 0 Å². The van der Waals surface area contributed by atoms with E-state index < -0.39 is 5.41 Å². The Kier molecular flexibility index (Phi) is 4.69. The number of nitrogens with zero attached hydrogens (tertiary/aromatic N) is 2. The lowest BCUT2D eigenvalue weighted by Crippen LogP contribution is -2.57. The third-order valence-corrected chi connectivity index (χ3v) is 5.34. The SMILES string of the molecule is CNC(=S)NNC(=O)C1(c2cc(Br)c3nccnc3c2)CC(C)C1. The standard InChI is InChI=1S/C16H18BrN5OS/c1-9-7-16(8-9,14(23)21-22-15(24)18-2)10-5-11(17)13-12(6-10)19-3-4-20-13/h3-6,9H,7-8H2,1-2H3,(H,21,23)(H2,18,22,24). The fourth-order valence-electron chi connectivity index (χ4n) is 3.29. The first-order chi connectivity index (χ1) is 11.5. The average molecular weight is 408 g/mol. The molecule has 24 heavy (non-hydrogen) atoms. The van der Waals surface area contributed by atoms with Gasteiger partial charge in [-0.2, -0.15) is 0 Å². The molecule has 1 heterocycles. The predicted molar refractivity (Wildman–Crippen MR) is 100 cm³/mol. The molecule has 2 aromatic rings.